The van der Waals surface area contributed by atoms with Crippen molar-refractivity contribution in [2.45, 2.75) is 32.2 Å². The Morgan fingerprint density at radius 3 is 3.05 bits per heavy atom. The summed E-state index contributed by atoms with van der Waals surface area (Å²) in [7, 11) is 1.64. The Bertz CT molecular complexity index is 480. The Balaban J connectivity index is 2.32. The third kappa shape index (κ3) is 2.76. The van der Waals surface area contributed by atoms with Gasteiger partial charge < -0.3 is 20.7 Å². The van der Waals surface area contributed by atoms with Crippen molar-refractivity contribution in [2.75, 3.05) is 30.8 Å². The lowest BCUT2D eigenvalue weighted by atomic mass is 10.0. The molecule has 1 saturated heterocycles. The predicted octanol–water partition coefficient (Wildman–Crippen LogP) is 0.562. The number of carbonyl (C=O) groups excluding carboxylic acids is 1. The van der Waals surface area contributed by atoms with Crippen molar-refractivity contribution >= 4 is 17.4 Å². The minimum atomic E-state index is -0.236. The molecular weight excluding hydrogens is 258 g/mol. The van der Waals surface area contributed by atoms with Gasteiger partial charge >= 0.3 is 0 Å². The lowest BCUT2D eigenvalue weighted by Crippen LogP contribution is -2.49. The van der Waals surface area contributed by atoms with E-state index in [0.717, 1.165) is 25.8 Å². The lowest BCUT2D eigenvalue weighted by Gasteiger charge is -2.35. The maximum atomic E-state index is 12.0. The third-order valence-electron chi connectivity index (χ3n) is 3.43. The van der Waals surface area contributed by atoms with E-state index >= 15 is 0 Å². The topological polar surface area (TPSA) is 93.4 Å². The molecule has 2 heterocycles. The Labute approximate surface area is 118 Å². The molecule has 1 aliphatic rings. The normalized spacial score (nSPS) is 18.7. The fourth-order valence-corrected chi connectivity index (χ4v) is 2.48. The first-order valence-electron chi connectivity index (χ1n) is 6.90. The van der Waals surface area contributed by atoms with Gasteiger partial charge in [-0.3, -0.25) is 4.79 Å². The smallest absolute Gasteiger partial charge is 0.242 e. The van der Waals surface area contributed by atoms with E-state index in [1.807, 2.05) is 11.8 Å². The van der Waals surface area contributed by atoms with Crippen molar-refractivity contribution in [3.05, 3.63) is 6.33 Å². The van der Waals surface area contributed by atoms with Crippen LogP contribution >= 0.6 is 0 Å². The van der Waals surface area contributed by atoms with E-state index in [1.54, 1.807) is 7.05 Å². The number of nitrogens with two attached hydrogens (primary N) is 1. The van der Waals surface area contributed by atoms with Crippen molar-refractivity contribution in [2.24, 2.45) is 0 Å². The molecular formula is C13H21N5O2. The number of piperidine rings is 1. The van der Waals surface area contributed by atoms with Crippen LogP contribution in [0.4, 0.5) is 11.5 Å². The first-order valence-corrected chi connectivity index (χ1v) is 6.90. The van der Waals surface area contributed by atoms with E-state index in [2.05, 4.69) is 15.3 Å². The highest BCUT2D eigenvalue weighted by Gasteiger charge is 2.31. The molecule has 1 aromatic heterocycles. The van der Waals surface area contributed by atoms with Crippen LogP contribution in [0, 0.1) is 0 Å². The Hall–Kier alpha value is -2.05. The summed E-state index contributed by atoms with van der Waals surface area (Å²) in [5.74, 6) is 0.941. The van der Waals surface area contributed by atoms with Gasteiger partial charge in [-0.25, -0.2) is 4.98 Å². The fraction of sp³-hybridized carbons (Fsp3) is 0.615. The number of aromatic nitrogens is 2. The SMILES string of the molecule is CCOc1ncnc(N2CCCCC2C(=O)NC)c1N. The predicted molar refractivity (Wildman–Crippen MR) is 76.7 cm³/mol. The first-order chi connectivity index (χ1) is 9.69. The summed E-state index contributed by atoms with van der Waals surface area (Å²) in [5.41, 5.74) is 6.47. The largest absolute Gasteiger partial charge is 0.476 e. The number of nitrogen functional groups attached to an aromatic ring is 1. The number of nitrogens with one attached hydrogen (secondary N) is 1. The van der Waals surface area contributed by atoms with Gasteiger partial charge in [-0.2, -0.15) is 4.98 Å². The first kappa shape index (κ1) is 14.4. The van der Waals surface area contributed by atoms with Gasteiger partial charge in [-0.1, -0.05) is 0 Å². The Morgan fingerprint density at radius 2 is 2.35 bits per heavy atom. The Morgan fingerprint density at radius 1 is 1.55 bits per heavy atom. The molecule has 1 amide bonds. The van der Waals surface area contributed by atoms with Crippen LogP contribution in [0.5, 0.6) is 5.88 Å². The fourth-order valence-electron chi connectivity index (χ4n) is 2.48. The summed E-state index contributed by atoms with van der Waals surface area (Å²) in [6.45, 7) is 3.11. The number of anilines is 2. The molecule has 1 aliphatic heterocycles. The number of rotatable bonds is 4. The number of likely N-dealkylation sites (N-methyl/N-ethyl adjacent to an activating group) is 1. The molecule has 2 rings (SSSR count). The zero-order valence-electron chi connectivity index (χ0n) is 11.9. The zero-order chi connectivity index (χ0) is 14.5. The van der Waals surface area contributed by atoms with E-state index in [4.69, 9.17) is 10.5 Å². The molecule has 0 bridgehead atoms. The van der Waals surface area contributed by atoms with Crippen LogP contribution < -0.4 is 20.7 Å². The van der Waals surface area contributed by atoms with Crippen LogP contribution in [0.25, 0.3) is 0 Å². The summed E-state index contributed by atoms with van der Waals surface area (Å²) < 4.78 is 5.39. The molecule has 20 heavy (non-hydrogen) atoms. The molecule has 7 heteroatoms. The van der Waals surface area contributed by atoms with E-state index in [9.17, 15) is 4.79 Å². The van der Waals surface area contributed by atoms with Crippen LogP contribution in [0.15, 0.2) is 6.33 Å². The summed E-state index contributed by atoms with van der Waals surface area (Å²) in [6, 6.07) is -0.236. The summed E-state index contributed by atoms with van der Waals surface area (Å²) >= 11 is 0. The monoisotopic (exact) mass is 279 g/mol. The summed E-state index contributed by atoms with van der Waals surface area (Å²) in [4.78, 5) is 22.2. The molecule has 1 unspecified atom stereocenters. The molecule has 0 radical (unpaired) electrons. The second-order valence-electron chi connectivity index (χ2n) is 4.67. The number of hydrogen-bond donors (Lipinski definition) is 2. The number of ether oxygens (including phenoxy) is 1. The van der Waals surface area contributed by atoms with E-state index in [1.165, 1.54) is 6.33 Å². The molecule has 7 nitrogen and oxygen atoms in total. The van der Waals surface area contributed by atoms with E-state index < -0.39 is 0 Å². The number of nitrogens with zero attached hydrogens (tertiary/aromatic N) is 3. The average molecular weight is 279 g/mol. The Kier molecular flexibility index (Phi) is 4.60. The second kappa shape index (κ2) is 6.40. The molecule has 3 N–H and O–H groups in total. The highest BCUT2D eigenvalue weighted by atomic mass is 16.5. The van der Waals surface area contributed by atoms with Crippen LogP contribution in [-0.4, -0.2) is 42.1 Å². The van der Waals surface area contributed by atoms with Crippen LogP contribution in [0.1, 0.15) is 26.2 Å². The maximum Gasteiger partial charge on any atom is 0.242 e. The quantitative estimate of drug-likeness (QED) is 0.836. The van der Waals surface area contributed by atoms with Crippen LogP contribution in [-0.2, 0) is 4.79 Å². The molecule has 110 valence electrons. The second-order valence-corrected chi connectivity index (χ2v) is 4.67. The standard InChI is InChI=1S/C13H21N5O2/c1-3-20-13-10(14)11(16-8-17-13)18-7-5-4-6-9(18)12(19)15-2/h8-9H,3-7,14H2,1-2H3,(H,15,19). The van der Waals surface area contributed by atoms with Gasteiger partial charge in [0.15, 0.2) is 5.82 Å². The van der Waals surface area contributed by atoms with Gasteiger partial charge in [0.25, 0.3) is 0 Å². The van der Waals surface area contributed by atoms with Crippen molar-refractivity contribution in [3.8, 4) is 5.88 Å². The van der Waals surface area contributed by atoms with Crippen molar-refractivity contribution < 1.29 is 9.53 Å². The van der Waals surface area contributed by atoms with Crippen molar-refractivity contribution in [1.82, 2.24) is 15.3 Å². The third-order valence-corrected chi connectivity index (χ3v) is 3.43. The van der Waals surface area contributed by atoms with Gasteiger partial charge in [0.05, 0.1) is 6.61 Å². The van der Waals surface area contributed by atoms with Crippen LogP contribution in [0.2, 0.25) is 0 Å². The number of amides is 1. The van der Waals surface area contributed by atoms with Gasteiger partial charge in [-0.15, -0.1) is 0 Å². The molecule has 0 aromatic carbocycles. The molecule has 0 aliphatic carbocycles. The zero-order valence-corrected chi connectivity index (χ0v) is 11.9. The summed E-state index contributed by atoms with van der Waals surface area (Å²) in [5, 5.41) is 2.70. The lowest BCUT2D eigenvalue weighted by molar-refractivity contribution is -0.122. The van der Waals surface area contributed by atoms with Crippen molar-refractivity contribution in [3.63, 3.8) is 0 Å². The molecule has 1 fully saturated rings. The molecule has 0 spiro atoms. The molecule has 1 atom stereocenters. The molecule has 1 aromatic rings. The molecule has 0 saturated carbocycles. The average Bonchev–Trinajstić information content (AvgIpc) is 2.49. The minimum Gasteiger partial charge on any atom is -0.476 e. The van der Waals surface area contributed by atoms with Crippen LogP contribution in [0.3, 0.4) is 0 Å². The van der Waals surface area contributed by atoms with Gasteiger partial charge in [0.2, 0.25) is 11.8 Å². The van der Waals surface area contributed by atoms with E-state index in [-0.39, 0.29) is 11.9 Å². The summed E-state index contributed by atoms with van der Waals surface area (Å²) in [6.07, 6.45) is 4.26. The van der Waals surface area contributed by atoms with E-state index in [0.29, 0.717) is 24.0 Å². The van der Waals surface area contributed by atoms with Gasteiger partial charge in [0, 0.05) is 13.6 Å². The highest BCUT2D eigenvalue weighted by molar-refractivity contribution is 5.86. The minimum absolute atomic E-state index is 0.0133. The number of hydrogen-bond acceptors (Lipinski definition) is 6. The van der Waals surface area contributed by atoms with Gasteiger partial charge in [0.1, 0.15) is 18.1 Å². The van der Waals surface area contributed by atoms with Crippen molar-refractivity contribution in [1.29, 1.82) is 0 Å². The maximum absolute atomic E-state index is 12.0. The van der Waals surface area contributed by atoms with Gasteiger partial charge in [-0.05, 0) is 26.2 Å². The highest BCUT2D eigenvalue weighted by Crippen LogP contribution is 2.32. The number of carbonyl (C=O) groups is 1.